The van der Waals surface area contributed by atoms with Gasteiger partial charge in [0.1, 0.15) is 11.6 Å². The molecule has 25 heavy (non-hydrogen) atoms. The second kappa shape index (κ2) is 7.80. The molecule has 2 aromatic rings. The van der Waals surface area contributed by atoms with Crippen LogP contribution in [0.2, 0.25) is 0 Å². The number of pyridine rings is 1. The van der Waals surface area contributed by atoms with Gasteiger partial charge in [-0.05, 0) is 62.3 Å². The molecule has 1 aromatic heterocycles. The molecule has 3 rings (SSSR count). The predicted molar refractivity (Wildman–Crippen MR) is 99.8 cm³/mol. The molecule has 1 aromatic carbocycles. The summed E-state index contributed by atoms with van der Waals surface area (Å²) in [5, 5.41) is 2.20. The van der Waals surface area contributed by atoms with Crippen molar-refractivity contribution in [2.75, 3.05) is 38.3 Å². The third-order valence-electron chi connectivity index (χ3n) is 4.76. The Bertz CT molecular complexity index is 711. The van der Waals surface area contributed by atoms with Gasteiger partial charge in [0.25, 0.3) is 0 Å². The fourth-order valence-electron chi connectivity index (χ4n) is 3.23. The molecule has 2 heterocycles. The Hall–Kier alpha value is -2.18. The normalized spacial score (nSPS) is 16.3. The van der Waals surface area contributed by atoms with Gasteiger partial charge in [-0.15, -0.1) is 0 Å². The Kier molecular flexibility index (Phi) is 5.50. The van der Waals surface area contributed by atoms with Crippen molar-refractivity contribution in [3.63, 3.8) is 0 Å². The third-order valence-corrected chi connectivity index (χ3v) is 4.76. The average Bonchev–Trinajstić information content (AvgIpc) is 2.58. The van der Waals surface area contributed by atoms with Crippen molar-refractivity contribution in [3.05, 3.63) is 53.5 Å². The molecule has 0 bridgehead atoms. The number of nitrogens with one attached hydrogen (secondary N) is 1. The molecule has 0 amide bonds. The van der Waals surface area contributed by atoms with E-state index in [1.165, 1.54) is 6.07 Å². The minimum Gasteiger partial charge on any atom is -0.399 e. The molecule has 1 fully saturated rings. The summed E-state index contributed by atoms with van der Waals surface area (Å²) in [6.45, 7) is 1.97. The number of anilines is 2. The molecule has 0 atom stereocenters. The summed E-state index contributed by atoms with van der Waals surface area (Å²) in [4.78, 5) is 6.68. The molecule has 0 unspecified atom stereocenters. The van der Waals surface area contributed by atoms with Crippen molar-refractivity contribution in [2.24, 2.45) is 0 Å². The summed E-state index contributed by atoms with van der Waals surface area (Å²) in [5.41, 5.74) is 11.1. The summed E-state index contributed by atoms with van der Waals surface area (Å²) >= 11 is 0. The van der Waals surface area contributed by atoms with E-state index in [1.54, 1.807) is 18.3 Å². The topological polar surface area (TPSA) is 57.4 Å². The minimum atomic E-state index is -0.267. The average molecular weight is 343 g/mol. The van der Waals surface area contributed by atoms with Gasteiger partial charge in [-0.25, -0.2) is 14.4 Å². The fraction of sp³-hybridized carbons (Fsp3) is 0.421. The van der Waals surface area contributed by atoms with Gasteiger partial charge >= 0.3 is 0 Å². The quantitative estimate of drug-likeness (QED) is 0.818. The fourth-order valence-corrected chi connectivity index (χ4v) is 3.23. The number of hydrazine groups is 1. The highest BCUT2D eigenvalue weighted by molar-refractivity contribution is 5.43. The molecule has 1 aliphatic rings. The van der Waals surface area contributed by atoms with Crippen LogP contribution < -0.4 is 11.2 Å². The van der Waals surface area contributed by atoms with E-state index in [0.29, 0.717) is 23.7 Å². The van der Waals surface area contributed by atoms with Gasteiger partial charge in [-0.3, -0.25) is 0 Å². The Balaban J connectivity index is 1.62. The first-order valence-corrected chi connectivity index (χ1v) is 8.68. The maximum Gasteiger partial charge on any atom is 0.140 e. The van der Waals surface area contributed by atoms with Gasteiger partial charge in [-0.1, -0.05) is 6.07 Å². The monoisotopic (exact) mass is 343 g/mol. The van der Waals surface area contributed by atoms with Crippen LogP contribution in [0.4, 0.5) is 15.9 Å². The van der Waals surface area contributed by atoms with E-state index in [9.17, 15) is 4.39 Å². The number of piperidine rings is 1. The summed E-state index contributed by atoms with van der Waals surface area (Å²) < 4.78 is 14.0. The Morgan fingerprint density at radius 2 is 2.00 bits per heavy atom. The molecule has 0 saturated carbocycles. The zero-order chi connectivity index (χ0) is 17.8. The van der Waals surface area contributed by atoms with Crippen LogP contribution in [0.3, 0.4) is 0 Å². The lowest BCUT2D eigenvalue weighted by Gasteiger charge is -2.35. The number of benzene rings is 1. The number of nitrogens with zero attached hydrogens (tertiary/aromatic N) is 3. The SMILES string of the molecule is CN(C)C1CCN(Nc2cc(Cc3ccc(N)cc3F)ccn2)CC1. The molecular weight excluding hydrogens is 317 g/mol. The van der Waals surface area contributed by atoms with Crippen molar-refractivity contribution in [3.8, 4) is 0 Å². The number of aromatic nitrogens is 1. The van der Waals surface area contributed by atoms with Crippen LogP contribution in [0.5, 0.6) is 0 Å². The van der Waals surface area contributed by atoms with Crippen molar-refractivity contribution in [1.82, 2.24) is 14.9 Å². The maximum absolute atomic E-state index is 14.0. The van der Waals surface area contributed by atoms with Gasteiger partial charge in [-0.2, -0.15) is 0 Å². The van der Waals surface area contributed by atoms with E-state index in [1.807, 2.05) is 12.1 Å². The van der Waals surface area contributed by atoms with Crippen molar-refractivity contribution in [2.45, 2.75) is 25.3 Å². The van der Waals surface area contributed by atoms with Gasteiger partial charge in [0.2, 0.25) is 0 Å². The van der Waals surface area contributed by atoms with E-state index in [-0.39, 0.29) is 5.82 Å². The van der Waals surface area contributed by atoms with Crippen molar-refractivity contribution >= 4 is 11.5 Å². The maximum atomic E-state index is 14.0. The highest BCUT2D eigenvalue weighted by Gasteiger charge is 2.20. The Morgan fingerprint density at radius 1 is 1.24 bits per heavy atom. The first-order valence-electron chi connectivity index (χ1n) is 8.68. The minimum absolute atomic E-state index is 0.267. The van der Waals surface area contributed by atoms with Crippen LogP contribution in [0, 0.1) is 5.82 Å². The van der Waals surface area contributed by atoms with Gasteiger partial charge < -0.3 is 16.1 Å². The van der Waals surface area contributed by atoms with Gasteiger partial charge in [0, 0.05) is 37.4 Å². The van der Waals surface area contributed by atoms with Crippen LogP contribution in [0.1, 0.15) is 24.0 Å². The molecule has 5 nitrogen and oxygen atoms in total. The highest BCUT2D eigenvalue weighted by Crippen LogP contribution is 2.19. The smallest absolute Gasteiger partial charge is 0.140 e. The number of rotatable bonds is 5. The summed E-state index contributed by atoms with van der Waals surface area (Å²) in [7, 11) is 4.27. The first-order chi connectivity index (χ1) is 12.0. The highest BCUT2D eigenvalue weighted by atomic mass is 19.1. The number of hydrogen-bond acceptors (Lipinski definition) is 5. The van der Waals surface area contributed by atoms with Crippen LogP contribution in [-0.2, 0) is 6.42 Å². The Morgan fingerprint density at radius 3 is 2.68 bits per heavy atom. The van der Waals surface area contributed by atoms with E-state index in [4.69, 9.17) is 5.73 Å². The zero-order valence-corrected chi connectivity index (χ0v) is 14.9. The molecule has 3 N–H and O–H groups in total. The first kappa shape index (κ1) is 17.6. The Labute approximate surface area is 148 Å². The predicted octanol–water partition coefficient (Wildman–Crippen LogP) is 2.75. The van der Waals surface area contributed by atoms with Gasteiger partial charge in [0.05, 0.1) is 0 Å². The van der Waals surface area contributed by atoms with Gasteiger partial charge in [0.15, 0.2) is 0 Å². The molecule has 134 valence electrons. The van der Waals surface area contributed by atoms with Crippen LogP contribution in [0.25, 0.3) is 0 Å². The van der Waals surface area contributed by atoms with Crippen molar-refractivity contribution in [1.29, 1.82) is 0 Å². The number of nitrogen functional groups attached to an aromatic ring is 1. The zero-order valence-electron chi connectivity index (χ0n) is 14.9. The van der Waals surface area contributed by atoms with Crippen LogP contribution in [0.15, 0.2) is 36.5 Å². The summed E-state index contributed by atoms with van der Waals surface area (Å²) in [5.74, 6) is 0.536. The van der Waals surface area contributed by atoms with Crippen LogP contribution in [-0.4, -0.2) is 48.1 Å². The van der Waals surface area contributed by atoms with E-state index in [0.717, 1.165) is 37.3 Å². The lowest BCUT2D eigenvalue weighted by atomic mass is 10.0. The van der Waals surface area contributed by atoms with Crippen molar-refractivity contribution < 1.29 is 4.39 Å². The lowest BCUT2D eigenvalue weighted by molar-refractivity contribution is 0.164. The molecule has 6 heteroatoms. The number of hydrogen-bond donors (Lipinski definition) is 2. The molecule has 0 aliphatic carbocycles. The summed E-state index contributed by atoms with van der Waals surface area (Å²) in [6, 6.07) is 9.38. The lowest BCUT2D eigenvalue weighted by Crippen LogP contribution is -2.44. The van der Waals surface area contributed by atoms with E-state index in [2.05, 4.69) is 34.4 Å². The molecule has 0 radical (unpaired) electrons. The van der Waals surface area contributed by atoms with Crippen LogP contribution >= 0.6 is 0 Å². The summed E-state index contributed by atoms with van der Waals surface area (Å²) in [6.07, 6.45) is 4.55. The second-order valence-electron chi connectivity index (χ2n) is 6.87. The molecular formula is C19H26FN5. The largest absolute Gasteiger partial charge is 0.399 e. The van der Waals surface area contributed by atoms with E-state index >= 15 is 0 Å². The molecule has 1 aliphatic heterocycles. The molecule has 0 spiro atoms. The number of nitrogens with two attached hydrogens (primary N) is 1. The molecule has 1 saturated heterocycles. The third kappa shape index (κ3) is 4.67. The van der Waals surface area contributed by atoms with E-state index < -0.39 is 0 Å². The standard InChI is InChI=1S/C19H26FN5/c1-24(2)17-6-9-25(10-7-17)23-19-12-14(5-8-22-19)11-15-3-4-16(21)13-18(15)20/h3-5,8,12-13,17H,6-7,9-11,21H2,1-2H3,(H,22,23). The number of halogens is 1. The second-order valence-corrected chi connectivity index (χ2v) is 6.87.